The fourth-order valence-electron chi connectivity index (χ4n) is 2.03. The molecule has 5 nitrogen and oxygen atoms in total. The maximum absolute atomic E-state index is 12.4. The molecule has 1 unspecified atom stereocenters. The quantitative estimate of drug-likeness (QED) is 0.855. The van der Waals surface area contributed by atoms with Gasteiger partial charge in [-0.1, -0.05) is 6.92 Å². The van der Waals surface area contributed by atoms with Crippen molar-refractivity contribution in [3.63, 3.8) is 0 Å². The Morgan fingerprint density at radius 3 is 2.95 bits per heavy atom. The Labute approximate surface area is 124 Å². The van der Waals surface area contributed by atoms with E-state index in [2.05, 4.69) is 22.5 Å². The summed E-state index contributed by atoms with van der Waals surface area (Å²) in [5, 5.41) is 6.19. The van der Waals surface area contributed by atoms with Crippen molar-refractivity contribution in [3.8, 4) is 0 Å². The highest BCUT2D eigenvalue weighted by molar-refractivity contribution is 5.99. The lowest BCUT2D eigenvalue weighted by molar-refractivity contribution is 0.0936. The molecule has 0 aliphatic rings. The first-order valence-electron chi connectivity index (χ1n) is 7.16. The Morgan fingerprint density at radius 1 is 1.48 bits per heavy atom. The van der Waals surface area contributed by atoms with Crippen LogP contribution in [0.4, 0.5) is 5.69 Å². The first-order chi connectivity index (χ1) is 10.1. The van der Waals surface area contributed by atoms with E-state index in [1.807, 2.05) is 26.0 Å². The predicted molar refractivity (Wildman–Crippen MR) is 82.3 cm³/mol. The highest BCUT2D eigenvalue weighted by atomic mass is 16.3. The van der Waals surface area contributed by atoms with Gasteiger partial charge < -0.3 is 15.1 Å². The topological polar surface area (TPSA) is 67.2 Å². The molecule has 0 spiro atoms. The van der Waals surface area contributed by atoms with Crippen molar-refractivity contribution in [3.05, 3.63) is 47.7 Å². The first-order valence-corrected chi connectivity index (χ1v) is 7.16. The van der Waals surface area contributed by atoms with Crippen molar-refractivity contribution in [2.75, 3.05) is 11.9 Å². The monoisotopic (exact) mass is 287 g/mol. The molecule has 0 radical (unpaired) electrons. The van der Waals surface area contributed by atoms with Gasteiger partial charge in [0.25, 0.3) is 5.91 Å². The molecular formula is C16H21N3O2. The molecule has 0 saturated carbocycles. The molecule has 2 aromatic rings. The zero-order valence-corrected chi connectivity index (χ0v) is 12.6. The zero-order chi connectivity index (χ0) is 15.2. The van der Waals surface area contributed by atoms with Gasteiger partial charge in [-0.05, 0) is 38.5 Å². The van der Waals surface area contributed by atoms with E-state index in [1.165, 1.54) is 0 Å². The van der Waals surface area contributed by atoms with Crippen molar-refractivity contribution in [2.45, 2.75) is 33.2 Å². The van der Waals surface area contributed by atoms with Crippen LogP contribution < -0.4 is 10.6 Å². The minimum absolute atomic E-state index is 0.162. The number of nitrogens with zero attached hydrogens (tertiary/aromatic N) is 1. The summed E-state index contributed by atoms with van der Waals surface area (Å²) >= 11 is 0. The Balaban J connectivity index is 2.14. The number of furan rings is 1. The molecule has 0 aliphatic heterocycles. The number of aromatic nitrogens is 1. The van der Waals surface area contributed by atoms with Crippen molar-refractivity contribution in [1.82, 2.24) is 10.3 Å². The Bertz CT molecular complexity index is 594. The largest absolute Gasteiger partial charge is 0.467 e. The molecule has 2 rings (SSSR count). The van der Waals surface area contributed by atoms with Crippen LogP contribution in [0.15, 0.2) is 35.1 Å². The number of aryl methyl sites for hydroxylation is 1. The summed E-state index contributed by atoms with van der Waals surface area (Å²) in [6.45, 7) is 6.69. The summed E-state index contributed by atoms with van der Waals surface area (Å²) in [7, 11) is 0. The SMILES string of the molecule is CCCNc1cc(C)ncc1C(=O)NC(C)c1ccco1. The van der Waals surface area contributed by atoms with Crippen LogP contribution in [0.3, 0.4) is 0 Å². The molecule has 21 heavy (non-hydrogen) atoms. The summed E-state index contributed by atoms with van der Waals surface area (Å²) in [6.07, 6.45) is 4.20. The average Bonchev–Trinajstić information content (AvgIpc) is 2.99. The van der Waals surface area contributed by atoms with Crippen molar-refractivity contribution in [1.29, 1.82) is 0 Å². The van der Waals surface area contributed by atoms with Crippen molar-refractivity contribution < 1.29 is 9.21 Å². The van der Waals surface area contributed by atoms with Gasteiger partial charge in [-0.15, -0.1) is 0 Å². The molecule has 2 N–H and O–H groups in total. The van der Waals surface area contributed by atoms with Crippen LogP contribution in [0.2, 0.25) is 0 Å². The number of hydrogen-bond acceptors (Lipinski definition) is 4. The molecule has 2 aromatic heterocycles. The Hall–Kier alpha value is -2.30. The van der Waals surface area contributed by atoms with E-state index in [0.717, 1.165) is 30.1 Å². The van der Waals surface area contributed by atoms with Crippen LogP contribution in [-0.2, 0) is 0 Å². The lowest BCUT2D eigenvalue weighted by Crippen LogP contribution is -2.27. The molecule has 0 bridgehead atoms. The molecule has 2 heterocycles. The van der Waals surface area contributed by atoms with Crippen LogP contribution >= 0.6 is 0 Å². The summed E-state index contributed by atoms with van der Waals surface area (Å²) in [4.78, 5) is 16.6. The molecule has 112 valence electrons. The average molecular weight is 287 g/mol. The molecule has 1 amide bonds. The summed E-state index contributed by atoms with van der Waals surface area (Å²) in [6, 6.07) is 5.35. The molecule has 0 aliphatic carbocycles. The van der Waals surface area contributed by atoms with Crippen LogP contribution in [0, 0.1) is 6.92 Å². The van der Waals surface area contributed by atoms with Gasteiger partial charge in [-0.25, -0.2) is 0 Å². The second-order valence-corrected chi connectivity index (χ2v) is 5.01. The Morgan fingerprint density at radius 2 is 2.29 bits per heavy atom. The lowest BCUT2D eigenvalue weighted by atomic mass is 10.1. The maximum atomic E-state index is 12.4. The van der Waals surface area contributed by atoms with E-state index < -0.39 is 0 Å². The fourth-order valence-corrected chi connectivity index (χ4v) is 2.03. The van der Waals surface area contributed by atoms with Crippen LogP contribution in [0.25, 0.3) is 0 Å². The van der Waals surface area contributed by atoms with E-state index >= 15 is 0 Å². The number of amides is 1. The van der Waals surface area contributed by atoms with Crippen molar-refractivity contribution in [2.24, 2.45) is 0 Å². The number of anilines is 1. The fraction of sp³-hybridized carbons (Fsp3) is 0.375. The molecule has 5 heteroatoms. The van der Waals surface area contributed by atoms with Gasteiger partial charge in [-0.2, -0.15) is 0 Å². The third-order valence-electron chi connectivity index (χ3n) is 3.17. The smallest absolute Gasteiger partial charge is 0.255 e. The van der Waals surface area contributed by atoms with E-state index in [-0.39, 0.29) is 11.9 Å². The molecule has 0 saturated heterocycles. The van der Waals surface area contributed by atoms with E-state index in [9.17, 15) is 4.79 Å². The van der Waals surface area contributed by atoms with Gasteiger partial charge >= 0.3 is 0 Å². The highest BCUT2D eigenvalue weighted by Crippen LogP contribution is 2.18. The summed E-state index contributed by atoms with van der Waals surface area (Å²) in [5.74, 6) is 0.566. The third-order valence-corrected chi connectivity index (χ3v) is 3.17. The van der Waals surface area contributed by atoms with Crippen LogP contribution in [0.5, 0.6) is 0 Å². The van der Waals surface area contributed by atoms with Crippen LogP contribution in [0.1, 0.15) is 48.1 Å². The second kappa shape index (κ2) is 6.92. The highest BCUT2D eigenvalue weighted by Gasteiger charge is 2.16. The molecule has 1 atom stereocenters. The van der Waals surface area contributed by atoms with Gasteiger partial charge in [0.15, 0.2) is 0 Å². The van der Waals surface area contributed by atoms with Gasteiger partial charge in [0.2, 0.25) is 0 Å². The lowest BCUT2D eigenvalue weighted by Gasteiger charge is -2.15. The minimum Gasteiger partial charge on any atom is -0.467 e. The minimum atomic E-state index is -0.187. The number of carbonyl (C=O) groups excluding carboxylic acids is 1. The number of carbonyl (C=O) groups is 1. The van der Waals surface area contributed by atoms with E-state index in [0.29, 0.717) is 5.56 Å². The standard InChI is InChI=1S/C16H21N3O2/c1-4-7-17-14-9-11(2)18-10-13(14)16(20)19-12(3)15-6-5-8-21-15/h5-6,8-10,12H,4,7H2,1-3H3,(H,17,18)(H,19,20). The number of hydrogen-bond donors (Lipinski definition) is 2. The van der Waals surface area contributed by atoms with Crippen LogP contribution in [-0.4, -0.2) is 17.4 Å². The number of rotatable bonds is 6. The molecule has 0 aromatic carbocycles. The summed E-state index contributed by atoms with van der Waals surface area (Å²) in [5.41, 5.74) is 2.24. The second-order valence-electron chi connectivity index (χ2n) is 5.01. The first kappa shape index (κ1) is 15.1. The van der Waals surface area contributed by atoms with Gasteiger partial charge in [0.05, 0.1) is 23.6 Å². The number of nitrogens with one attached hydrogen (secondary N) is 2. The zero-order valence-electron chi connectivity index (χ0n) is 12.6. The normalized spacial score (nSPS) is 12.0. The summed E-state index contributed by atoms with van der Waals surface area (Å²) < 4.78 is 5.30. The maximum Gasteiger partial charge on any atom is 0.255 e. The molecular weight excluding hydrogens is 266 g/mol. The van der Waals surface area contributed by atoms with Gasteiger partial charge in [-0.3, -0.25) is 9.78 Å². The van der Waals surface area contributed by atoms with Gasteiger partial charge in [0.1, 0.15) is 5.76 Å². The molecule has 0 fully saturated rings. The number of pyridine rings is 1. The van der Waals surface area contributed by atoms with E-state index in [4.69, 9.17) is 4.42 Å². The third kappa shape index (κ3) is 3.84. The Kier molecular flexibility index (Phi) is 4.98. The van der Waals surface area contributed by atoms with E-state index in [1.54, 1.807) is 18.5 Å². The van der Waals surface area contributed by atoms with Gasteiger partial charge in [0, 0.05) is 18.4 Å². The van der Waals surface area contributed by atoms with Crippen molar-refractivity contribution >= 4 is 11.6 Å². The predicted octanol–water partition coefficient (Wildman–Crippen LogP) is 3.30.